The summed E-state index contributed by atoms with van der Waals surface area (Å²) >= 11 is 0. The van der Waals surface area contributed by atoms with Gasteiger partial charge in [0.2, 0.25) is 11.2 Å². The number of carbonyl (C=O) groups is 2. The van der Waals surface area contributed by atoms with E-state index in [1.165, 1.54) is 60.1 Å². The number of aromatic carboxylic acids is 1. The van der Waals surface area contributed by atoms with Crippen molar-refractivity contribution in [2.24, 2.45) is 4.99 Å². The van der Waals surface area contributed by atoms with Crippen molar-refractivity contribution in [3.63, 3.8) is 0 Å². The highest BCUT2D eigenvalue weighted by Crippen LogP contribution is 2.39. The first-order chi connectivity index (χ1) is 27.8. The number of ether oxygens (including phenoxy) is 3. The zero-order valence-corrected chi connectivity index (χ0v) is 32.2. The quantitative estimate of drug-likeness (QED) is 0.188. The van der Waals surface area contributed by atoms with Crippen LogP contribution in [0.1, 0.15) is 40.9 Å². The molecule has 3 N–H and O–H groups in total. The minimum absolute atomic E-state index is 0.0399. The average molecular weight is 801 g/mol. The number of aliphatic imine (C=N–C) groups is 1. The maximum atomic E-state index is 16.2. The number of hydrogen-bond donors (Lipinski definition) is 2. The van der Waals surface area contributed by atoms with Crippen LogP contribution in [0, 0.1) is 17.5 Å². The van der Waals surface area contributed by atoms with Crippen molar-refractivity contribution in [3.8, 4) is 17.2 Å². The summed E-state index contributed by atoms with van der Waals surface area (Å²) in [6.45, 7) is 4.20. The van der Waals surface area contributed by atoms with E-state index in [0.29, 0.717) is 34.9 Å². The first kappa shape index (κ1) is 39.5. The first-order valence-corrected chi connectivity index (χ1v) is 18.2. The Hall–Kier alpha value is -6.69. The monoisotopic (exact) mass is 800 g/mol. The zero-order valence-electron chi connectivity index (χ0n) is 32.2. The molecule has 1 atom stereocenters. The summed E-state index contributed by atoms with van der Waals surface area (Å²) in [4.78, 5) is 56.6. The summed E-state index contributed by atoms with van der Waals surface area (Å²) in [5.74, 6) is -3.25. The number of carboxylic acid groups (broad SMARTS) is 1. The SMILES string of the molecule is CCn1cc(C(=O)O)c(=O)c2cc(F)c(N3CCN(CN4C(=O)/C(=N\c5ncc(Cc6cc(OC)c(OC)c(OC)c6)c(N)n5)c5cc(F)ccc54)C(C)C3)c(F)c21. The third-order valence-corrected chi connectivity index (χ3v) is 10.4. The third-order valence-electron chi connectivity index (χ3n) is 10.4. The van der Waals surface area contributed by atoms with Crippen LogP contribution in [0.5, 0.6) is 17.2 Å². The molecule has 1 saturated heterocycles. The number of nitrogens with two attached hydrogens (primary N) is 1. The molecule has 2 aliphatic heterocycles. The smallest absolute Gasteiger partial charge is 0.341 e. The van der Waals surface area contributed by atoms with E-state index in [4.69, 9.17) is 19.9 Å². The molecule has 0 spiro atoms. The van der Waals surface area contributed by atoms with Gasteiger partial charge >= 0.3 is 5.97 Å². The van der Waals surface area contributed by atoms with Crippen LogP contribution in [0.3, 0.4) is 0 Å². The number of methoxy groups -OCH3 is 3. The Balaban J connectivity index is 1.12. The van der Waals surface area contributed by atoms with Crippen molar-refractivity contribution >= 4 is 51.6 Å². The van der Waals surface area contributed by atoms with Crippen molar-refractivity contribution in [1.29, 1.82) is 0 Å². The number of anilines is 3. The molecule has 302 valence electrons. The lowest BCUT2D eigenvalue weighted by atomic mass is 10.1. The molecular formula is C40H39F3N8O7. The number of amides is 1. The number of carbonyl (C=O) groups excluding carboxylic acids is 1. The van der Waals surface area contributed by atoms with E-state index in [1.54, 1.807) is 19.1 Å². The number of rotatable bonds is 11. The molecule has 0 radical (unpaired) electrons. The fourth-order valence-electron chi connectivity index (χ4n) is 7.45. The number of pyridine rings is 1. The zero-order chi connectivity index (χ0) is 41.6. The highest BCUT2D eigenvalue weighted by atomic mass is 19.1. The molecule has 3 aromatic carbocycles. The van der Waals surface area contributed by atoms with Crippen LogP contribution in [0.15, 0.2) is 58.6 Å². The number of fused-ring (bicyclic) bond motifs is 2. The summed E-state index contributed by atoms with van der Waals surface area (Å²) in [5, 5.41) is 9.11. The molecule has 7 rings (SSSR count). The van der Waals surface area contributed by atoms with Crippen molar-refractivity contribution in [3.05, 3.63) is 98.7 Å². The van der Waals surface area contributed by atoms with Gasteiger partial charge in [-0.3, -0.25) is 19.4 Å². The summed E-state index contributed by atoms with van der Waals surface area (Å²) in [6.07, 6.45) is 2.85. The predicted octanol–water partition coefficient (Wildman–Crippen LogP) is 4.76. The molecule has 4 heterocycles. The second kappa shape index (κ2) is 15.7. The van der Waals surface area contributed by atoms with Gasteiger partial charge in [0.25, 0.3) is 11.9 Å². The van der Waals surface area contributed by atoms with Gasteiger partial charge in [0.15, 0.2) is 17.3 Å². The number of aromatic nitrogens is 3. The fraction of sp³-hybridized carbons (Fsp3) is 0.300. The number of nitrogens with zero attached hydrogens (tertiary/aromatic N) is 7. The van der Waals surface area contributed by atoms with Crippen molar-refractivity contribution in [2.75, 3.05) is 63.2 Å². The molecule has 1 amide bonds. The number of aryl methyl sites for hydroxylation is 1. The van der Waals surface area contributed by atoms with Gasteiger partial charge in [-0.05, 0) is 55.8 Å². The van der Waals surface area contributed by atoms with Crippen molar-refractivity contribution in [2.45, 2.75) is 32.9 Å². The number of benzene rings is 3. The fourth-order valence-corrected chi connectivity index (χ4v) is 7.45. The van der Waals surface area contributed by atoms with Crippen LogP contribution in [-0.4, -0.2) is 95.8 Å². The lowest BCUT2D eigenvalue weighted by Gasteiger charge is -2.42. The van der Waals surface area contributed by atoms with Gasteiger partial charge in [0.1, 0.15) is 34.4 Å². The van der Waals surface area contributed by atoms with Crippen LogP contribution in [-0.2, 0) is 17.8 Å². The van der Waals surface area contributed by atoms with Gasteiger partial charge in [-0.2, -0.15) is 4.98 Å². The van der Waals surface area contributed by atoms with Crippen LogP contribution < -0.4 is 35.2 Å². The minimum atomic E-state index is -1.50. The lowest BCUT2D eigenvalue weighted by Crippen LogP contribution is -2.56. The van der Waals surface area contributed by atoms with Crippen LogP contribution in [0.2, 0.25) is 0 Å². The number of carboxylic acids is 1. The van der Waals surface area contributed by atoms with E-state index < -0.39 is 40.3 Å². The summed E-state index contributed by atoms with van der Waals surface area (Å²) in [7, 11) is 4.53. The number of halogens is 3. The third kappa shape index (κ3) is 6.99. The topological polar surface area (TPSA) is 178 Å². The van der Waals surface area contributed by atoms with E-state index in [-0.39, 0.29) is 78.5 Å². The van der Waals surface area contributed by atoms with Crippen molar-refractivity contribution in [1.82, 2.24) is 19.4 Å². The van der Waals surface area contributed by atoms with Gasteiger partial charge in [-0.25, -0.2) is 27.9 Å². The Labute approximate surface area is 329 Å². The van der Waals surface area contributed by atoms with Gasteiger partial charge in [0.05, 0.1) is 44.6 Å². The molecule has 0 bridgehead atoms. The lowest BCUT2D eigenvalue weighted by molar-refractivity contribution is -0.112. The number of hydrogen-bond acceptors (Lipinski definition) is 12. The summed E-state index contributed by atoms with van der Waals surface area (Å²) in [5.41, 5.74) is 6.11. The second-order valence-corrected chi connectivity index (χ2v) is 13.8. The summed E-state index contributed by atoms with van der Waals surface area (Å²) < 4.78 is 64.1. The molecule has 18 heteroatoms. The van der Waals surface area contributed by atoms with E-state index in [0.717, 1.165) is 17.8 Å². The molecule has 2 aromatic heterocycles. The van der Waals surface area contributed by atoms with E-state index in [1.807, 2.05) is 11.8 Å². The molecule has 0 saturated carbocycles. The van der Waals surface area contributed by atoms with Crippen LogP contribution in [0.25, 0.3) is 10.9 Å². The molecule has 58 heavy (non-hydrogen) atoms. The normalized spacial score (nSPS) is 16.3. The Morgan fingerprint density at radius 2 is 1.76 bits per heavy atom. The average Bonchev–Trinajstić information content (AvgIpc) is 3.44. The van der Waals surface area contributed by atoms with Gasteiger partial charge in [0, 0.05) is 62.2 Å². The highest BCUT2D eigenvalue weighted by Gasteiger charge is 2.38. The molecule has 1 fully saturated rings. The van der Waals surface area contributed by atoms with Crippen LogP contribution >= 0.6 is 0 Å². The Morgan fingerprint density at radius 3 is 2.38 bits per heavy atom. The Bertz CT molecular complexity index is 2560. The van der Waals surface area contributed by atoms with E-state index >= 15 is 8.78 Å². The molecule has 0 aliphatic carbocycles. The summed E-state index contributed by atoms with van der Waals surface area (Å²) in [6, 6.07) is 7.99. The Kier molecular flexibility index (Phi) is 10.7. The van der Waals surface area contributed by atoms with Gasteiger partial charge in [-0.15, -0.1) is 0 Å². The Morgan fingerprint density at radius 1 is 1.03 bits per heavy atom. The number of nitrogen functional groups attached to an aromatic ring is 1. The minimum Gasteiger partial charge on any atom is -0.493 e. The molecular weight excluding hydrogens is 761 g/mol. The molecule has 15 nitrogen and oxygen atoms in total. The van der Waals surface area contributed by atoms with Gasteiger partial charge < -0.3 is 34.5 Å². The predicted molar refractivity (Wildman–Crippen MR) is 209 cm³/mol. The van der Waals surface area contributed by atoms with Gasteiger partial charge in [-0.1, -0.05) is 0 Å². The van der Waals surface area contributed by atoms with Crippen molar-refractivity contribution < 1.29 is 42.1 Å². The van der Waals surface area contributed by atoms with E-state index in [9.17, 15) is 23.9 Å². The maximum Gasteiger partial charge on any atom is 0.341 e. The second-order valence-electron chi connectivity index (χ2n) is 13.8. The standard InChI is InChI=1S/C40H39F3N8O7/c1-6-48-18-26(39(54)55)35(52)25-15-27(42)34(31(43)33(25)48)49-9-10-50(20(2)17-49)19-51-28-8-7-23(41)14-24(28)32(38(51)53)46-40-45-16-22(37(44)47-40)11-21-12-29(56-3)36(58-5)30(13-21)57-4/h7-8,12-16,18,20H,6,9-11,17,19H2,1-5H3,(H,54,55)(H2,44,45,47)/b46-32-. The van der Waals surface area contributed by atoms with Crippen LogP contribution in [0.4, 0.5) is 36.3 Å². The van der Waals surface area contributed by atoms with E-state index in [2.05, 4.69) is 15.0 Å². The highest BCUT2D eigenvalue weighted by molar-refractivity contribution is 6.54. The maximum absolute atomic E-state index is 16.2. The largest absolute Gasteiger partial charge is 0.493 e. The molecule has 5 aromatic rings. The first-order valence-electron chi connectivity index (χ1n) is 18.2. The number of piperazine rings is 1. The molecule has 2 aliphatic rings. The molecule has 1 unspecified atom stereocenters.